The molecule has 0 radical (unpaired) electrons. The predicted octanol–water partition coefficient (Wildman–Crippen LogP) is 3.00. The summed E-state index contributed by atoms with van der Waals surface area (Å²) in [5.41, 5.74) is 6.82. The number of hydrogen-bond acceptors (Lipinski definition) is 5. The quantitative estimate of drug-likeness (QED) is 0.769. The molecule has 0 saturated heterocycles. The van der Waals surface area contributed by atoms with Gasteiger partial charge in [0, 0.05) is 18.3 Å². The van der Waals surface area contributed by atoms with Gasteiger partial charge in [-0.15, -0.1) is 0 Å². The van der Waals surface area contributed by atoms with Crippen molar-refractivity contribution in [3.8, 4) is 10.6 Å². The molecule has 3 aromatic rings. The largest absolute Gasteiger partial charge is 0.389 e. The van der Waals surface area contributed by atoms with Gasteiger partial charge in [-0.1, -0.05) is 23.5 Å². The highest BCUT2D eigenvalue weighted by Gasteiger charge is 2.19. The van der Waals surface area contributed by atoms with E-state index in [1.807, 2.05) is 6.92 Å². The first kappa shape index (κ1) is 15.2. The van der Waals surface area contributed by atoms with Gasteiger partial charge in [0.2, 0.25) is 0 Å². The van der Waals surface area contributed by atoms with E-state index in [-0.39, 0.29) is 10.7 Å². The van der Waals surface area contributed by atoms with Crippen molar-refractivity contribution in [2.75, 3.05) is 11.1 Å². The highest BCUT2D eigenvalue weighted by Crippen LogP contribution is 2.31. The van der Waals surface area contributed by atoms with Crippen LogP contribution in [0.2, 0.25) is 0 Å². The Morgan fingerprint density at radius 3 is 2.91 bits per heavy atom. The average Bonchev–Trinajstić information content (AvgIpc) is 3.14. The second kappa shape index (κ2) is 6.17. The number of nitrogens with two attached hydrogens (primary N) is 1. The van der Waals surface area contributed by atoms with Crippen LogP contribution in [0, 0.1) is 5.82 Å². The zero-order chi connectivity index (χ0) is 16.4. The monoisotopic (exact) mass is 331 g/mol. The molecule has 0 saturated carbocycles. The van der Waals surface area contributed by atoms with Crippen molar-refractivity contribution in [1.82, 2.24) is 14.8 Å². The Bertz CT molecular complexity index is 857. The Kier molecular flexibility index (Phi) is 4.07. The van der Waals surface area contributed by atoms with Gasteiger partial charge in [-0.25, -0.2) is 9.37 Å². The fourth-order valence-corrected chi connectivity index (χ4v) is 2.89. The third-order valence-corrected chi connectivity index (χ3v) is 4.11. The second-order valence-corrected chi connectivity index (χ2v) is 5.78. The Morgan fingerprint density at radius 2 is 2.22 bits per heavy atom. The van der Waals surface area contributed by atoms with Crippen LogP contribution in [-0.2, 0) is 6.54 Å². The lowest BCUT2D eigenvalue weighted by molar-refractivity contribution is 0.102. The molecule has 2 heterocycles. The van der Waals surface area contributed by atoms with Gasteiger partial charge in [0.25, 0.3) is 5.91 Å². The average molecular weight is 331 g/mol. The molecule has 0 bridgehead atoms. The molecule has 3 N–H and O–H groups in total. The van der Waals surface area contributed by atoms with Crippen LogP contribution in [0.1, 0.15) is 17.4 Å². The van der Waals surface area contributed by atoms with Gasteiger partial charge in [-0.2, -0.15) is 5.10 Å². The first-order chi connectivity index (χ1) is 11.1. The van der Waals surface area contributed by atoms with E-state index >= 15 is 0 Å². The molecular formula is C15H14FN5OS. The molecule has 3 rings (SSSR count). The lowest BCUT2D eigenvalue weighted by Gasteiger charge is -2.00. The van der Waals surface area contributed by atoms with Gasteiger partial charge in [-0.3, -0.25) is 9.48 Å². The number of carbonyl (C=O) groups is 1. The number of nitrogen functional groups attached to an aromatic ring is 1. The normalized spacial score (nSPS) is 10.7. The number of hydrogen-bond donors (Lipinski definition) is 2. The number of anilines is 2. The minimum atomic E-state index is -0.447. The molecule has 23 heavy (non-hydrogen) atoms. The van der Waals surface area contributed by atoms with Crippen LogP contribution in [-0.4, -0.2) is 20.7 Å². The van der Waals surface area contributed by atoms with Crippen LogP contribution in [0.25, 0.3) is 10.6 Å². The lowest BCUT2D eigenvalue weighted by Crippen LogP contribution is -2.13. The van der Waals surface area contributed by atoms with E-state index in [1.54, 1.807) is 35.3 Å². The molecule has 0 spiro atoms. The lowest BCUT2D eigenvalue weighted by atomic mass is 10.2. The highest BCUT2D eigenvalue weighted by atomic mass is 32.1. The van der Waals surface area contributed by atoms with Crippen LogP contribution in [0.3, 0.4) is 0 Å². The van der Waals surface area contributed by atoms with Gasteiger partial charge in [0.1, 0.15) is 15.8 Å². The molecular weight excluding hydrogens is 317 g/mol. The summed E-state index contributed by atoms with van der Waals surface area (Å²) in [7, 11) is 0. The topological polar surface area (TPSA) is 85.8 Å². The van der Waals surface area contributed by atoms with Crippen molar-refractivity contribution in [1.29, 1.82) is 0 Å². The summed E-state index contributed by atoms with van der Waals surface area (Å²) in [6.07, 6.45) is 3.25. The van der Waals surface area contributed by atoms with E-state index in [4.69, 9.17) is 5.73 Å². The number of amides is 1. The fraction of sp³-hybridized carbons (Fsp3) is 0.133. The number of benzene rings is 1. The maximum absolute atomic E-state index is 13.8. The SMILES string of the molecule is CCn1cc(NC(=O)c2nc(-c3ccccc3F)sc2N)cn1. The molecule has 0 aliphatic rings. The minimum absolute atomic E-state index is 0.0810. The Hall–Kier alpha value is -2.74. The molecule has 0 aliphatic heterocycles. The molecule has 1 amide bonds. The van der Waals surface area contributed by atoms with E-state index < -0.39 is 11.7 Å². The van der Waals surface area contributed by atoms with Crippen molar-refractivity contribution in [2.45, 2.75) is 13.5 Å². The summed E-state index contributed by atoms with van der Waals surface area (Å²) in [6.45, 7) is 2.64. The van der Waals surface area contributed by atoms with E-state index in [0.717, 1.165) is 11.3 Å². The maximum atomic E-state index is 13.8. The van der Waals surface area contributed by atoms with Gasteiger partial charge in [-0.05, 0) is 19.1 Å². The fourth-order valence-electron chi connectivity index (χ4n) is 2.04. The Labute approximate surface area is 135 Å². The molecule has 0 fully saturated rings. The standard InChI is InChI=1S/C15H14FN5OS/c1-2-21-8-9(7-18-21)19-14(22)12-13(17)23-15(20-12)10-5-3-4-6-11(10)16/h3-8H,2,17H2,1H3,(H,19,22). The van der Waals surface area contributed by atoms with Crippen LogP contribution >= 0.6 is 11.3 Å². The van der Waals surface area contributed by atoms with Crippen LogP contribution in [0.15, 0.2) is 36.7 Å². The summed E-state index contributed by atoms with van der Waals surface area (Å²) >= 11 is 1.08. The summed E-state index contributed by atoms with van der Waals surface area (Å²) in [6, 6.07) is 6.23. The second-order valence-electron chi connectivity index (χ2n) is 4.75. The number of thiazole rings is 1. The molecule has 2 aromatic heterocycles. The molecule has 0 aliphatic carbocycles. The van der Waals surface area contributed by atoms with Gasteiger partial charge in [0.15, 0.2) is 5.69 Å². The number of carbonyl (C=O) groups excluding carboxylic acids is 1. The predicted molar refractivity (Wildman–Crippen MR) is 87.8 cm³/mol. The highest BCUT2D eigenvalue weighted by molar-refractivity contribution is 7.19. The summed E-state index contributed by atoms with van der Waals surface area (Å²) in [5.74, 6) is -0.852. The van der Waals surface area contributed by atoms with Crippen molar-refractivity contribution in [2.24, 2.45) is 0 Å². The molecule has 1 aromatic carbocycles. The smallest absolute Gasteiger partial charge is 0.277 e. The first-order valence-electron chi connectivity index (χ1n) is 6.93. The van der Waals surface area contributed by atoms with E-state index in [2.05, 4.69) is 15.4 Å². The van der Waals surface area contributed by atoms with Crippen molar-refractivity contribution >= 4 is 27.9 Å². The van der Waals surface area contributed by atoms with E-state index in [0.29, 0.717) is 22.8 Å². The van der Waals surface area contributed by atoms with Crippen molar-refractivity contribution in [3.05, 3.63) is 48.2 Å². The molecule has 6 nitrogen and oxygen atoms in total. The number of nitrogens with one attached hydrogen (secondary N) is 1. The zero-order valence-electron chi connectivity index (χ0n) is 12.3. The number of nitrogens with zero attached hydrogens (tertiary/aromatic N) is 3. The molecule has 8 heteroatoms. The van der Waals surface area contributed by atoms with Crippen LogP contribution in [0.5, 0.6) is 0 Å². The number of aryl methyl sites for hydroxylation is 1. The van der Waals surface area contributed by atoms with Crippen molar-refractivity contribution < 1.29 is 9.18 Å². The summed E-state index contributed by atoms with van der Waals surface area (Å²) in [5, 5.41) is 7.36. The molecule has 0 unspecified atom stereocenters. The first-order valence-corrected chi connectivity index (χ1v) is 7.75. The Morgan fingerprint density at radius 1 is 1.43 bits per heavy atom. The Balaban J connectivity index is 1.86. The maximum Gasteiger partial charge on any atom is 0.277 e. The van der Waals surface area contributed by atoms with Crippen LogP contribution in [0.4, 0.5) is 15.1 Å². The molecule has 118 valence electrons. The van der Waals surface area contributed by atoms with E-state index in [9.17, 15) is 9.18 Å². The zero-order valence-corrected chi connectivity index (χ0v) is 13.1. The number of rotatable bonds is 4. The number of halogens is 1. The molecule has 0 atom stereocenters. The summed E-state index contributed by atoms with van der Waals surface area (Å²) in [4.78, 5) is 16.5. The van der Waals surface area contributed by atoms with Crippen LogP contribution < -0.4 is 11.1 Å². The third-order valence-electron chi connectivity index (χ3n) is 3.19. The third kappa shape index (κ3) is 3.07. The van der Waals surface area contributed by atoms with Gasteiger partial charge in [0.05, 0.1) is 11.9 Å². The van der Waals surface area contributed by atoms with Gasteiger partial charge < -0.3 is 11.1 Å². The van der Waals surface area contributed by atoms with Gasteiger partial charge >= 0.3 is 0 Å². The summed E-state index contributed by atoms with van der Waals surface area (Å²) < 4.78 is 15.5. The minimum Gasteiger partial charge on any atom is -0.389 e. The van der Waals surface area contributed by atoms with Crippen molar-refractivity contribution in [3.63, 3.8) is 0 Å². The van der Waals surface area contributed by atoms with E-state index in [1.165, 1.54) is 6.07 Å². The number of aromatic nitrogens is 3.